The number of halogens is 3. The number of benzene rings is 1. The quantitative estimate of drug-likeness (QED) is 0.844. The highest BCUT2D eigenvalue weighted by atomic mass is 35.5. The Balaban J connectivity index is 0.00000144. The number of hydrogen-bond donors (Lipinski definition) is 1. The summed E-state index contributed by atoms with van der Waals surface area (Å²) in [5.74, 6) is -1.38. The minimum absolute atomic E-state index is 0. The van der Waals surface area contributed by atoms with E-state index in [0.29, 0.717) is 16.7 Å². The first kappa shape index (κ1) is 14.3. The molecule has 0 spiro atoms. The second-order valence-corrected chi connectivity index (χ2v) is 4.52. The fourth-order valence-corrected chi connectivity index (χ4v) is 2.03. The zero-order chi connectivity index (χ0) is 11.4. The molecule has 0 aliphatic carbocycles. The van der Waals surface area contributed by atoms with E-state index in [0.717, 1.165) is 30.9 Å². The van der Waals surface area contributed by atoms with Gasteiger partial charge in [-0.05, 0) is 30.7 Å². The number of thioether (sulfide) groups is 1. The Kier molecular flexibility index (Phi) is 5.71. The van der Waals surface area contributed by atoms with E-state index in [1.165, 1.54) is 0 Å². The molecule has 1 aliphatic heterocycles. The van der Waals surface area contributed by atoms with Crippen molar-refractivity contribution in [1.29, 1.82) is 0 Å². The van der Waals surface area contributed by atoms with Crippen molar-refractivity contribution in [2.75, 3.05) is 11.9 Å². The van der Waals surface area contributed by atoms with Gasteiger partial charge in [-0.1, -0.05) is 11.8 Å². The summed E-state index contributed by atoms with van der Waals surface area (Å²) in [4.78, 5) is 4.86. The zero-order valence-electron chi connectivity index (χ0n) is 9.03. The fourth-order valence-electron chi connectivity index (χ4n) is 1.53. The minimum Gasteiger partial charge on any atom is -0.344 e. The zero-order valence-corrected chi connectivity index (χ0v) is 10.7. The number of rotatable bonds is 3. The molecule has 6 heteroatoms. The van der Waals surface area contributed by atoms with E-state index in [1.54, 1.807) is 24.3 Å². The van der Waals surface area contributed by atoms with Crippen molar-refractivity contribution in [2.45, 2.75) is 23.5 Å². The predicted molar refractivity (Wildman–Crippen MR) is 70.7 cm³/mol. The molecule has 1 heterocycles. The van der Waals surface area contributed by atoms with Gasteiger partial charge in [0.1, 0.15) is 5.84 Å². The van der Waals surface area contributed by atoms with Crippen LogP contribution in [0.1, 0.15) is 12.8 Å². The molecule has 0 atom stereocenters. The summed E-state index contributed by atoms with van der Waals surface area (Å²) in [7, 11) is 0. The van der Waals surface area contributed by atoms with Crippen molar-refractivity contribution in [2.24, 2.45) is 4.99 Å². The van der Waals surface area contributed by atoms with E-state index in [4.69, 9.17) is 0 Å². The summed E-state index contributed by atoms with van der Waals surface area (Å²) < 4.78 is 24.2. The number of nitrogens with zero attached hydrogens (tertiary/aromatic N) is 1. The average Bonchev–Trinajstić information content (AvgIpc) is 2.73. The molecule has 94 valence electrons. The first-order chi connectivity index (χ1) is 7.74. The van der Waals surface area contributed by atoms with Gasteiger partial charge in [0.25, 0.3) is 5.76 Å². The van der Waals surface area contributed by atoms with Gasteiger partial charge < -0.3 is 5.32 Å². The van der Waals surface area contributed by atoms with E-state index in [2.05, 4.69) is 10.3 Å². The molecule has 2 rings (SSSR count). The monoisotopic (exact) mass is 278 g/mol. The predicted octanol–water partition coefficient (Wildman–Crippen LogP) is 4.03. The van der Waals surface area contributed by atoms with Crippen molar-refractivity contribution >= 4 is 35.7 Å². The summed E-state index contributed by atoms with van der Waals surface area (Å²) in [6.45, 7) is 0.877. The minimum atomic E-state index is -2.36. The molecule has 0 fully saturated rings. The van der Waals surface area contributed by atoms with Crippen LogP contribution < -0.4 is 5.32 Å². The Labute approximate surface area is 109 Å². The highest BCUT2D eigenvalue weighted by molar-refractivity contribution is 7.99. The molecule has 1 N–H and O–H groups in total. The summed E-state index contributed by atoms with van der Waals surface area (Å²) in [6.07, 6.45) is 2.05. The van der Waals surface area contributed by atoms with Crippen LogP contribution in [0, 0.1) is 0 Å². The maximum atomic E-state index is 12.1. The van der Waals surface area contributed by atoms with Crippen LogP contribution in [0.4, 0.5) is 14.5 Å². The van der Waals surface area contributed by atoms with Crippen LogP contribution >= 0.6 is 24.2 Å². The van der Waals surface area contributed by atoms with Crippen molar-refractivity contribution in [3.63, 3.8) is 0 Å². The summed E-state index contributed by atoms with van der Waals surface area (Å²) in [6, 6.07) is 6.97. The number of anilines is 1. The number of amidine groups is 1. The molecule has 2 nitrogen and oxygen atoms in total. The first-order valence-electron chi connectivity index (χ1n) is 5.09. The lowest BCUT2D eigenvalue weighted by atomic mass is 10.3. The van der Waals surface area contributed by atoms with E-state index < -0.39 is 5.76 Å². The molecule has 1 aromatic carbocycles. The third-order valence-electron chi connectivity index (χ3n) is 2.24. The average molecular weight is 279 g/mol. The van der Waals surface area contributed by atoms with Gasteiger partial charge in [0.15, 0.2) is 0 Å². The van der Waals surface area contributed by atoms with Crippen LogP contribution in [0.25, 0.3) is 0 Å². The van der Waals surface area contributed by atoms with E-state index in [9.17, 15) is 8.78 Å². The maximum absolute atomic E-state index is 12.1. The highest BCUT2D eigenvalue weighted by Crippen LogP contribution is 2.26. The Morgan fingerprint density at radius 1 is 1.24 bits per heavy atom. The summed E-state index contributed by atoms with van der Waals surface area (Å²) in [5.41, 5.74) is 0.902. The molecule has 0 bridgehead atoms. The maximum Gasteiger partial charge on any atom is 0.288 e. The molecule has 0 unspecified atom stereocenters. The van der Waals surface area contributed by atoms with Crippen LogP contribution in [0.15, 0.2) is 34.2 Å². The Bertz CT molecular complexity index is 382. The second kappa shape index (κ2) is 6.81. The van der Waals surface area contributed by atoms with Gasteiger partial charge in [0.2, 0.25) is 0 Å². The van der Waals surface area contributed by atoms with Crippen molar-refractivity contribution in [1.82, 2.24) is 0 Å². The van der Waals surface area contributed by atoms with Gasteiger partial charge in [-0.25, -0.2) is 0 Å². The van der Waals surface area contributed by atoms with Crippen LogP contribution in [-0.2, 0) is 0 Å². The first-order valence-corrected chi connectivity index (χ1v) is 5.97. The van der Waals surface area contributed by atoms with Crippen LogP contribution in [0.3, 0.4) is 0 Å². The second-order valence-electron chi connectivity index (χ2n) is 3.46. The van der Waals surface area contributed by atoms with Gasteiger partial charge in [-0.15, -0.1) is 12.4 Å². The molecule has 17 heavy (non-hydrogen) atoms. The number of hydrogen-bond acceptors (Lipinski definition) is 3. The van der Waals surface area contributed by atoms with Gasteiger partial charge in [-0.2, -0.15) is 8.78 Å². The topological polar surface area (TPSA) is 24.4 Å². The number of nitrogens with one attached hydrogen (secondary N) is 1. The molecular weight excluding hydrogens is 266 g/mol. The Morgan fingerprint density at radius 3 is 2.47 bits per heavy atom. The molecule has 0 amide bonds. The normalized spacial score (nSPS) is 14.4. The van der Waals surface area contributed by atoms with Gasteiger partial charge in [0.05, 0.1) is 0 Å². The van der Waals surface area contributed by atoms with Crippen LogP contribution in [0.5, 0.6) is 0 Å². The summed E-state index contributed by atoms with van der Waals surface area (Å²) >= 11 is 0.559. The highest BCUT2D eigenvalue weighted by Gasteiger charge is 2.07. The Morgan fingerprint density at radius 2 is 1.94 bits per heavy atom. The lowest BCUT2D eigenvalue weighted by molar-refractivity contribution is 0.252. The van der Waals surface area contributed by atoms with Gasteiger partial charge in [0, 0.05) is 23.5 Å². The SMILES string of the molecule is Cl.FC(F)Sc1ccc(NC2=NCCC2)cc1. The standard InChI is InChI=1S/C11H12F2N2S.ClH/c12-11(13)16-9-5-3-8(4-6-9)15-10-2-1-7-14-10;/h3-6,11H,1-2,7H2,(H,14,15);1H. The molecule has 1 aliphatic rings. The summed E-state index contributed by atoms with van der Waals surface area (Å²) in [5, 5.41) is 3.17. The van der Waals surface area contributed by atoms with Crippen molar-refractivity contribution in [3.05, 3.63) is 24.3 Å². The fraction of sp³-hybridized carbons (Fsp3) is 0.364. The molecular formula is C11H13ClF2N2S. The lowest BCUT2D eigenvalue weighted by Crippen LogP contribution is -2.07. The Hall–Kier alpha value is -0.810. The van der Waals surface area contributed by atoms with E-state index in [-0.39, 0.29) is 12.4 Å². The molecule has 1 aromatic rings. The van der Waals surface area contributed by atoms with Crippen molar-refractivity contribution < 1.29 is 8.78 Å². The van der Waals surface area contributed by atoms with Crippen LogP contribution in [0.2, 0.25) is 0 Å². The molecule has 0 aromatic heterocycles. The molecule has 0 saturated heterocycles. The molecule has 0 saturated carbocycles. The van der Waals surface area contributed by atoms with Gasteiger partial charge >= 0.3 is 0 Å². The van der Waals surface area contributed by atoms with E-state index >= 15 is 0 Å². The van der Waals surface area contributed by atoms with Gasteiger partial charge in [-0.3, -0.25) is 4.99 Å². The smallest absolute Gasteiger partial charge is 0.288 e. The lowest BCUT2D eigenvalue weighted by Gasteiger charge is -2.06. The van der Waals surface area contributed by atoms with Crippen LogP contribution in [-0.4, -0.2) is 18.1 Å². The molecule has 0 radical (unpaired) electrons. The third kappa shape index (κ3) is 4.52. The largest absolute Gasteiger partial charge is 0.344 e. The third-order valence-corrected chi connectivity index (χ3v) is 2.96. The number of aliphatic imine (C=N–C) groups is 1. The van der Waals surface area contributed by atoms with E-state index in [1.807, 2.05) is 0 Å². The van der Waals surface area contributed by atoms with Crippen molar-refractivity contribution in [3.8, 4) is 0 Å². The number of alkyl halides is 2.